The van der Waals surface area contributed by atoms with E-state index in [1.165, 1.54) is 19.2 Å². The molecule has 0 unspecified atom stereocenters. The quantitative estimate of drug-likeness (QED) is 0.612. The molecule has 112 valence electrons. The van der Waals surface area contributed by atoms with Crippen LogP contribution >= 0.6 is 0 Å². The Kier molecular flexibility index (Phi) is 4.85. The molecule has 0 radical (unpaired) electrons. The minimum atomic E-state index is -0.562. The maximum atomic E-state index is 11.0. The molecular weight excluding hydrogens is 280 g/mol. The van der Waals surface area contributed by atoms with Crippen LogP contribution in [0.15, 0.2) is 28.8 Å². The highest BCUT2D eigenvalue weighted by Gasteiger charge is 2.16. The van der Waals surface area contributed by atoms with Crippen LogP contribution in [0.25, 0.3) is 0 Å². The van der Waals surface area contributed by atoms with Crippen LogP contribution < -0.4 is 4.74 Å². The second-order valence-electron chi connectivity index (χ2n) is 4.22. The van der Waals surface area contributed by atoms with Crippen molar-refractivity contribution in [2.45, 2.75) is 19.8 Å². The normalized spacial score (nSPS) is 10.6. The molecule has 1 aromatic carbocycles. The Morgan fingerprint density at radius 2 is 2.19 bits per heavy atom. The molecule has 0 aliphatic heterocycles. The number of ether oxygens (including phenoxy) is 2. The van der Waals surface area contributed by atoms with Gasteiger partial charge in [-0.3, -0.25) is 10.1 Å². The first kappa shape index (κ1) is 14.9. The maximum absolute atomic E-state index is 11.0. The van der Waals surface area contributed by atoms with E-state index < -0.39 is 4.92 Å². The molecule has 0 amide bonds. The van der Waals surface area contributed by atoms with Crippen molar-refractivity contribution in [2.75, 3.05) is 7.11 Å². The Morgan fingerprint density at radius 1 is 1.38 bits per heavy atom. The van der Waals surface area contributed by atoms with Crippen molar-refractivity contribution in [3.05, 3.63) is 51.4 Å². The van der Waals surface area contributed by atoms with Gasteiger partial charge in [-0.25, -0.2) is 0 Å². The van der Waals surface area contributed by atoms with E-state index >= 15 is 0 Å². The van der Waals surface area contributed by atoms with Crippen molar-refractivity contribution in [1.82, 2.24) is 5.16 Å². The third-order valence-electron chi connectivity index (χ3n) is 2.67. The van der Waals surface area contributed by atoms with Crippen molar-refractivity contribution < 1.29 is 24.0 Å². The van der Waals surface area contributed by atoms with Gasteiger partial charge in [0.05, 0.1) is 11.5 Å². The number of nitro benzene ring substituents is 1. The highest BCUT2D eigenvalue weighted by molar-refractivity contribution is 5.48. The first-order valence-corrected chi connectivity index (χ1v) is 6.08. The molecule has 0 spiro atoms. The molecule has 0 saturated carbocycles. The van der Waals surface area contributed by atoms with Gasteiger partial charge in [0.15, 0.2) is 11.5 Å². The second kappa shape index (κ2) is 6.82. The van der Waals surface area contributed by atoms with Crippen LogP contribution in [0.2, 0.25) is 0 Å². The van der Waals surface area contributed by atoms with Gasteiger partial charge in [0.2, 0.25) is 0 Å². The zero-order valence-corrected chi connectivity index (χ0v) is 11.3. The first-order valence-electron chi connectivity index (χ1n) is 6.08. The third kappa shape index (κ3) is 3.77. The number of aliphatic hydroxyl groups excluding tert-OH is 1. The van der Waals surface area contributed by atoms with Gasteiger partial charge < -0.3 is 19.1 Å². The van der Waals surface area contributed by atoms with Crippen molar-refractivity contribution in [1.29, 1.82) is 0 Å². The van der Waals surface area contributed by atoms with Gasteiger partial charge in [-0.15, -0.1) is 0 Å². The number of hydrogen-bond donors (Lipinski definition) is 1. The van der Waals surface area contributed by atoms with Gasteiger partial charge >= 0.3 is 5.69 Å². The number of aliphatic hydroxyl groups is 1. The molecule has 0 bridgehead atoms. The van der Waals surface area contributed by atoms with Crippen LogP contribution in [0.4, 0.5) is 5.69 Å². The molecular formula is C13H14N2O6. The number of methoxy groups -OCH3 is 1. The molecule has 1 aromatic heterocycles. The predicted octanol–water partition coefficient (Wildman–Crippen LogP) is 1.80. The summed E-state index contributed by atoms with van der Waals surface area (Å²) < 4.78 is 15.3. The molecule has 1 N–H and O–H groups in total. The summed E-state index contributed by atoms with van der Waals surface area (Å²) >= 11 is 0. The number of rotatable bonds is 7. The van der Waals surface area contributed by atoms with E-state index in [1.54, 1.807) is 12.1 Å². The molecule has 0 saturated heterocycles. The molecule has 0 aliphatic rings. The number of nitrogens with zero attached hydrogens (tertiary/aromatic N) is 2. The molecule has 0 aliphatic carbocycles. The summed E-state index contributed by atoms with van der Waals surface area (Å²) in [6, 6.07) is 5.92. The van der Waals surface area contributed by atoms with Gasteiger partial charge in [0, 0.05) is 19.2 Å². The molecule has 0 fully saturated rings. The Balaban J connectivity index is 2.09. The van der Waals surface area contributed by atoms with Crippen LogP contribution in [-0.2, 0) is 24.6 Å². The third-order valence-corrected chi connectivity index (χ3v) is 2.67. The summed E-state index contributed by atoms with van der Waals surface area (Å²) in [6.07, 6.45) is 0. The van der Waals surface area contributed by atoms with E-state index in [0.717, 1.165) is 0 Å². The van der Waals surface area contributed by atoms with Crippen molar-refractivity contribution in [2.24, 2.45) is 0 Å². The fourth-order valence-electron chi connectivity index (χ4n) is 1.71. The van der Waals surface area contributed by atoms with E-state index in [1.807, 2.05) is 0 Å². The molecule has 0 atom stereocenters. The Morgan fingerprint density at radius 3 is 2.86 bits per heavy atom. The predicted molar refractivity (Wildman–Crippen MR) is 70.6 cm³/mol. The number of hydrogen-bond acceptors (Lipinski definition) is 7. The molecule has 21 heavy (non-hydrogen) atoms. The fraction of sp³-hybridized carbons (Fsp3) is 0.308. The summed E-state index contributed by atoms with van der Waals surface area (Å²) in [5.41, 5.74) is 0.739. The highest BCUT2D eigenvalue weighted by Crippen LogP contribution is 2.28. The Bertz CT molecular complexity index is 625. The van der Waals surface area contributed by atoms with Crippen LogP contribution in [0, 0.1) is 10.1 Å². The average Bonchev–Trinajstić information content (AvgIpc) is 2.93. The van der Waals surface area contributed by atoms with Gasteiger partial charge in [-0.05, 0) is 11.6 Å². The lowest BCUT2D eigenvalue weighted by Gasteiger charge is -2.05. The van der Waals surface area contributed by atoms with E-state index in [9.17, 15) is 10.1 Å². The minimum absolute atomic E-state index is 0.0343. The van der Waals surface area contributed by atoms with E-state index in [4.69, 9.17) is 19.1 Å². The summed E-state index contributed by atoms with van der Waals surface area (Å²) in [5, 5.41) is 23.8. The standard InChI is InChI=1S/C13H14N2O6/c1-19-8-11-5-10(14-21-11)7-20-13-3-2-9(6-16)4-12(13)15(17)18/h2-5,16H,6-8H2,1H3. The molecule has 8 nitrogen and oxygen atoms in total. The number of benzene rings is 1. The lowest BCUT2D eigenvalue weighted by Crippen LogP contribution is -2.00. The smallest absolute Gasteiger partial charge is 0.311 e. The van der Waals surface area contributed by atoms with Crippen LogP contribution in [0.1, 0.15) is 17.0 Å². The second-order valence-corrected chi connectivity index (χ2v) is 4.22. The van der Waals surface area contributed by atoms with Gasteiger partial charge in [0.25, 0.3) is 0 Å². The van der Waals surface area contributed by atoms with E-state index in [2.05, 4.69) is 5.16 Å². The lowest BCUT2D eigenvalue weighted by molar-refractivity contribution is -0.386. The SMILES string of the molecule is COCc1cc(COc2ccc(CO)cc2[N+](=O)[O-])no1. The summed E-state index contributed by atoms with van der Waals surface area (Å²) in [4.78, 5) is 10.4. The van der Waals surface area contributed by atoms with Crippen molar-refractivity contribution >= 4 is 5.69 Å². The highest BCUT2D eigenvalue weighted by atomic mass is 16.6. The molecule has 2 rings (SSSR count). The largest absolute Gasteiger partial charge is 0.480 e. The van der Waals surface area contributed by atoms with Crippen LogP contribution in [-0.4, -0.2) is 22.3 Å². The van der Waals surface area contributed by atoms with Gasteiger partial charge in [-0.1, -0.05) is 11.2 Å². The molecule has 2 aromatic rings. The number of aromatic nitrogens is 1. The van der Waals surface area contributed by atoms with Crippen molar-refractivity contribution in [3.63, 3.8) is 0 Å². The Labute approximate surface area is 120 Å². The van der Waals surface area contributed by atoms with E-state index in [-0.39, 0.29) is 24.7 Å². The topological polar surface area (TPSA) is 108 Å². The van der Waals surface area contributed by atoms with Crippen LogP contribution in [0.5, 0.6) is 5.75 Å². The van der Waals surface area contributed by atoms with Crippen LogP contribution in [0.3, 0.4) is 0 Å². The zero-order valence-electron chi connectivity index (χ0n) is 11.3. The number of nitro groups is 1. The summed E-state index contributed by atoms with van der Waals surface area (Å²) in [5.74, 6) is 0.648. The van der Waals surface area contributed by atoms with Crippen molar-refractivity contribution in [3.8, 4) is 5.75 Å². The maximum Gasteiger partial charge on any atom is 0.311 e. The van der Waals surface area contributed by atoms with E-state index in [0.29, 0.717) is 23.6 Å². The average molecular weight is 294 g/mol. The summed E-state index contributed by atoms with van der Waals surface area (Å²) in [7, 11) is 1.53. The first-order chi connectivity index (χ1) is 10.1. The zero-order chi connectivity index (χ0) is 15.2. The Hall–Kier alpha value is -2.45. The molecule has 1 heterocycles. The minimum Gasteiger partial charge on any atom is -0.480 e. The molecule has 8 heteroatoms. The fourth-order valence-corrected chi connectivity index (χ4v) is 1.71. The van der Waals surface area contributed by atoms with Gasteiger partial charge in [0.1, 0.15) is 18.9 Å². The lowest BCUT2D eigenvalue weighted by atomic mass is 10.2. The van der Waals surface area contributed by atoms with Gasteiger partial charge in [-0.2, -0.15) is 0 Å². The monoisotopic (exact) mass is 294 g/mol. The summed E-state index contributed by atoms with van der Waals surface area (Å²) in [6.45, 7) is 0.0512.